The fourth-order valence-electron chi connectivity index (χ4n) is 1.36. The summed E-state index contributed by atoms with van der Waals surface area (Å²) in [6.07, 6.45) is 0. The van der Waals surface area contributed by atoms with Gasteiger partial charge in [-0.2, -0.15) is 0 Å². The first kappa shape index (κ1) is 11.7. The van der Waals surface area contributed by atoms with Gasteiger partial charge < -0.3 is 10.2 Å². The Hall–Kier alpha value is -1.82. The molecule has 3 N–H and O–H groups in total. The summed E-state index contributed by atoms with van der Waals surface area (Å²) in [5.41, 5.74) is 7.29. The molecule has 0 saturated carbocycles. The zero-order chi connectivity index (χ0) is 12.4. The van der Waals surface area contributed by atoms with E-state index in [1.165, 1.54) is 11.8 Å². The van der Waals surface area contributed by atoms with Crippen LogP contribution in [0.5, 0.6) is 0 Å². The first-order chi connectivity index (χ1) is 8.06. The number of amidine groups is 1. The lowest BCUT2D eigenvalue weighted by atomic mass is 10.1. The van der Waals surface area contributed by atoms with Crippen LogP contribution in [0.1, 0.15) is 17.0 Å². The second kappa shape index (κ2) is 4.58. The van der Waals surface area contributed by atoms with Gasteiger partial charge in [0.1, 0.15) is 5.84 Å². The van der Waals surface area contributed by atoms with Crippen LogP contribution in [0.3, 0.4) is 0 Å². The third kappa shape index (κ3) is 2.65. The van der Waals surface area contributed by atoms with E-state index in [1.807, 2.05) is 25.1 Å². The first-order valence-corrected chi connectivity index (χ1v) is 5.81. The third-order valence-corrected chi connectivity index (χ3v) is 3.05. The zero-order valence-corrected chi connectivity index (χ0v) is 10.3. The molecule has 1 heterocycles. The minimum Gasteiger partial charge on any atom is -0.416 e. The van der Waals surface area contributed by atoms with Crippen molar-refractivity contribution in [2.45, 2.75) is 24.0 Å². The normalized spacial score (nSPS) is 10.5. The smallest absolute Gasteiger partial charge is 0.281 e. The van der Waals surface area contributed by atoms with Gasteiger partial charge in [0, 0.05) is 17.4 Å². The van der Waals surface area contributed by atoms with E-state index in [-0.39, 0.29) is 5.84 Å². The van der Waals surface area contributed by atoms with E-state index in [1.54, 1.807) is 6.92 Å². The van der Waals surface area contributed by atoms with Crippen LogP contribution in [-0.2, 0) is 0 Å². The van der Waals surface area contributed by atoms with Gasteiger partial charge in [0.05, 0.1) is 0 Å². The predicted octanol–water partition coefficient (Wildman–Crippen LogP) is 2.12. The molecule has 0 fully saturated rings. The van der Waals surface area contributed by atoms with Crippen LogP contribution < -0.4 is 5.73 Å². The zero-order valence-electron chi connectivity index (χ0n) is 9.52. The number of nitrogen functional groups attached to an aromatic ring is 1. The van der Waals surface area contributed by atoms with Crippen molar-refractivity contribution >= 4 is 17.6 Å². The summed E-state index contributed by atoms with van der Waals surface area (Å²) in [6.45, 7) is 3.69. The Morgan fingerprint density at radius 2 is 2.12 bits per heavy atom. The number of benzene rings is 1. The lowest BCUT2D eigenvalue weighted by Crippen LogP contribution is -2.12. The molecule has 0 spiro atoms. The van der Waals surface area contributed by atoms with E-state index in [9.17, 15) is 0 Å². The molecule has 0 aliphatic heterocycles. The van der Waals surface area contributed by atoms with E-state index < -0.39 is 0 Å². The lowest BCUT2D eigenvalue weighted by molar-refractivity contribution is 0.429. The highest BCUT2D eigenvalue weighted by molar-refractivity contribution is 7.99. The van der Waals surface area contributed by atoms with Gasteiger partial charge >= 0.3 is 0 Å². The topological polar surface area (TPSA) is 88.8 Å². The van der Waals surface area contributed by atoms with Crippen molar-refractivity contribution in [3.63, 3.8) is 0 Å². The number of rotatable bonds is 3. The summed E-state index contributed by atoms with van der Waals surface area (Å²) < 4.78 is 5.28. The summed E-state index contributed by atoms with van der Waals surface area (Å²) in [4.78, 5) is 0.840. The molecule has 0 aliphatic carbocycles. The molecule has 5 nitrogen and oxygen atoms in total. The Morgan fingerprint density at radius 1 is 1.35 bits per heavy atom. The molecule has 2 rings (SSSR count). The van der Waals surface area contributed by atoms with Crippen LogP contribution in [0.4, 0.5) is 0 Å². The largest absolute Gasteiger partial charge is 0.416 e. The Kier molecular flexibility index (Phi) is 3.14. The van der Waals surface area contributed by atoms with Gasteiger partial charge in [-0.3, -0.25) is 5.41 Å². The van der Waals surface area contributed by atoms with Crippen LogP contribution in [0.15, 0.2) is 32.7 Å². The molecule has 88 valence electrons. The highest BCUT2D eigenvalue weighted by Gasteiger charge is 2.11. The van der Waals surface area contributed by atoms with Crippen molar-refractivity contribution in [3.8, 4) is 0 Å². The Morgan fingerprint density at radius 3 is 2.71 bits per heavy atom. The molecule has 17 heavy (non-hydrogen) atoms. The molecule has 6 heteroatoms. The summed E-state index contributed by atoms with van der Waals surface area (Å²) in [6, 6.07) is 5.72. The second-order valence-electron chi connectivity index (χ2n) is 3.60. The molecule has 0 radical (unpaired) electrons. The van der Waals surface area contributed by atoms with Gasteiger partial charge in [-0.05, 0) is 30.8 Å². The third-order valence-electron chi connectivity index (χ3n) is 2.13. The van der Waals surface area contributed by atoms with Gasteiger partial charge in [-0.25, -0.2) is 0 Å². The highest BCUT2D eigenvalue weighted by atomic mass is 32.2. The molecule has 0 amide bonds. The van der Waals surface area contributed by atoms with Crippen molar-refractivity contribution in [1.29, 1.82) is 5.41 Å². The fourth-order valence-corrected chi connectivity index (χ4v) is 2.20. The van der Waals surface area contributed by atoms with Crippen LogP contribution >= 0.6 is 11.8 Å². The molecule has 0 atom stereocenters. The van der Waals surface area contributed by atoms with Crippen LogP contribution in [-0.4, -0.2) is 16.0 Å². The summed E-state index contributed by atoms with van der Waals surface area (Å²) in [7, 11) is 0. The minimum atomic E-state index is 0.0347. The van der Waals surface area contributed by atoms with Crippen molar-refractivity contribution in [2.75, 3.05) is 0 Å². The maximum Gasteiger partial charge on any atom is 0.281 e. The van der Waals surface area contributed by atoms with Crippen molar-refractivity contribution in [3.05, 3.63) is 35.2 Å². The SMILES string of the molecule is Cc1ccc(Sc2nnc(C)o2)c(C(=N)N)c1. The number of nitrogens with one attached hydrogen (secondary N) is 1. The second-order valence-corrected chi connectivity index (χ2v) is 4.60. The summed E-state index contributed by atoms with van der Waals surface area (Å²) >= 11 is 1.31. The van der Waals surface area contributed by atoms with E-state index >= 15 is 0 Å². The highest BCUT2D eigenvalue weighted by Crippen LogP contribution is 2.29. The molecular formula is C11H12N4OS. The fraction of sp³-hybridized carbons (Fsp3) is 0.182. The standard InChI is InChI=1S/C11H12N4OS/c1-6-3-4-9(8(5-6)10(12)13)17-11-15-14-7(2)16-11/h3-5H,1-2H3,(H3,12,13). The molecule has 1 aromatic heterocycles. The van der Waals surface area contributed by atoms with Gasteiger partial charge in [-0.1, -0.05) is 11.6 Å². The number of nitrogens with zero attached hydrogens (tertiary/aromatic N) is 2. The van der Waals surface area contributed by atoms with Gasteiger partial charge in [0.25, 0.3) is 5.22 Å². The first-order valence-electron chi connectivity index (χ1n) is 4.99. The maximum absolute atomic E-state index is 7.54. The van der Waals surface area contributed by atoms with Crippen LogP contribution in [0.2, 0.25) is 0 Å². The Balaban J connectivity index is 2.35. The molecule has 2 aromatic rings. The lowest BCUT2D eigenvalue weighted by Gasteiger charge is -2.06. The number of hydrogen-bond donors (Lipinski definition) is 2. The average molecular weight is 248 g/mol. The molecule has 0 bridgehead atoms. The summed E-state index contributed by atoms with van der Waals surface area (Å²) in [5, 5.41) is 15.6. The number of aromatic nitrogens is 2. The van der Waals surface area contributed by atoms with Crippen LogP contribution in [0, 0.1) is 19.3 Å². The van der Waals surface area contributed by atoms with Gasteiger partial charge in [-0.15, -0.1) is 10.2 Å². The van der Waals surface area contributed by atoms with E-state index in [4.69, 9.17) is 15.6 Å². The molecule has 0 saturated heterocycles. The molecule has 1 aromatic carbocycles. The monoisotopic (exact) mass is 248 g/mol. The van der Waals surface area contributed by atoms with Gasteiger partial charge in [0.15, 0.2) is 0 Å². The molecular weight excluding hydrogens is 236 g/mol. The van der Waals surface area contributed by atoms with Gasteiger partial charge in [0.2, 0.25) is 5.89 Å². The minimum absolute atomic E-state index is 0.0347. The molecule has 0 aliphatic rings. The van der Waals surface area contributed by atoms with Crippen LogP contribution in [0.25, 0.3) is 0 Å². The predicted molar refractivity (Wildman–Crippen MR) is 65.4 cm³/mol. The number of nitrogens with two attached hydrogens (primary N) is 1. The van der Waals surface area contributed by atoms with Crippen molar-refractivity contribution in [2.24, 2.45) is 5.73 Å². The Labute approximate surface area is 103 Å². The quantitative estimate of drug-likeness (QED) is 0.641. The van der Waals surface area contributed by atoms with E-state index in [2.05, 4.69) is 10.2 Å². The van der Waals surface area contributed by atoms with E-state index in [0.717, 1.165) is 10.5 Å². The van der Waals surface area contributed by atoms with Crippen molar-refractivity contribution < 1.29 is 4.42 Å². The Bertz CT molecular complexity index is 564. The maximum atomic E-state index is 7.54. The average Bonchev–Trinajstić information content (AvgIpc) is 2.66. The van der Waals surface area contributed by atoms with E-state index in [0.29, 0.717) is 16.7 Å². The van der Waals surface area contributed by atoms with Crippen molar-refractivity contribution in [1.82, 2.24) is 10.2 Å². The summed E-state index contributed by atoms with van der Waals surface area (Å²) in [5.74, 6) is 0.552. The number of hydrogen-bond acceptors (Lipinski definition) is 5. The molecule has 0 unspecified atom stereocenters. The number of aryl methyl sites for hydroxylation is 2.